The summed E-state index contributed by atoms with van der Waals surface area (Å²) in [6, 6.07) is 5.86. The summed E-state index contributed by atoms with van der Waals surface area (Å²) in [6.45, 7) is 4.54. The van der Waals surface area contributed by atoms with E-state index in [1.165, 1.54) is 0 Å². The molecule has 0 saturated carbocycles. The van der Waals surface area contributed by atoms with Gasteiger partial charge in [-0.15, -0.1) is 0 Å². The number of nitrogens with zero attached hydrogens (tertiary/aromatic N) is 1. The van der Waals surface area contributed by atoms with E-state index in [2.05, 4.69) is 9.97 Å². The van der Waals surface area contributed by atoms with Crippen LogP contribution in [-0.4, -0.2) is 28.1 Å². The Balaban J connectivity index is 1.92. The van der Waals surface area contributed by atoms with Gasteiger partial charge in [0.1, 0.15) is 11.5 Å². The van der Waals surface area contributed by atoms with Crippen LogP contribution in [-0.2, 0) is 4.79 Å². The van der Waals surface area contributed by atoms with Gasteiger partial charge in [-0.1, -0.05) is 18.7 Å². The standard InChI is InChI=1S/C15H20N2O2S/c1-3-11(18)6-5-9-20-15-16-13-8-7-12(19-4-2)10-14(13)17-15/h7-8,10H,3-6,9H2,1-2H3,(H,16,17). The maximum absolute atomic E-state index is 11.2. The van der Waals surface area contributed by atoms with Crippen molar-refractivity contribution in [1.29, 1.82) is 0 Å². The number of hydrogen-bond donors (Lipinski definition) is 1. The summed E-state index contributed by atoms with van der Waals surface area (Å²) in [7, 11) is 0. The van der Waals surface area contributed by atoms with Crippen LogP contribution in [0.4, 0.5) is 0 Å². The summed E-state index contributed by atoms with van der Waals surface area (Å²) in [6.07, 6.45) is 2.20. The van der Waals surface area contributed by atoms with Crippen molar-refractivity contribution in [2.45, 2.75) is 38.3 Å². The summed E-state index contributed by atoms with van der Waals surface area (Å²) in [4.78, 5) is 19.0. The molecule has 2 aromatic rings. The molecule has 1 heterocycles. The molecule has 4 nitrogen and oxygen atoms in total. The number of rotatable bonds is 8. The lowest BCUT2D eigenvalue weighted by atomic mass is 10.2. The van der Waals surface area contributed by atoms with Crippen LogP contribution in [0.2, 0.25) is 0 Å². The van der Waals surface area contributed by atoms with Crippen molar-refractivity contribution < 1.29 is 9.53 Å². The van der Waals surface area contributed by atoms with Gasteiger partial charge in [0.25, 0.3) is 0 Å². The monoisotopic (exact) mass is 292 g/mol. The van der Waals surface area contributed by atoms with Crippen LogP contribution < -0.4 is 4.74 Å². The molecule has 20 heavy (non-hydrogen) atoms. The average molecular weight is 292 g/mol. The van der Waals surface area contributed by atoms with Crippen molar-refractivity contribution >= 4 is 28.6 Å². The molecule has 0 amide bonds. The second kappa shape index (κ2) is 7.33. The topological polar surface area (TPSA) is 55.0 Å². The third-order valence-electron chi connectivity index (χ3n) is 2.98. The molecule has 108 valence electrons. The number of aromatic amines is 1. The molecule has 0 atom stereocenters. The molecule has 0 radical (unpaired) electrons. The number of Topliss-reactive ketones (excluding diaryl/α,β-unsaturated/α-hetero) is 1. The number of carbonyl (C=O) groups excluding carboxylic acids is 1. The van der Waals surface area contributed by atoms with E-state index in [1.807, 2.05) is 32.0 Å². The molecule has 0 aliphatic heterocycles. The van der Waals surface area contributed by atoms with E-state index >= 15 is 0 Å². The smallest absolute Gasteiger partial charge is 0.166 e. The number of hydrogen-bond acceptors (Lipinski definition) is 4. The lowest BCUT2D eigenvalue weighted by molar-refractivity contribution is -0.118. The Morgan fingerprint density at radius 3 is 3.00 bits per heavy atom. The number of ketones is 1. The first-order valence-corrected chi connectivity index (χ1v) is 7.98. The van der Waals surface area contributed by atoms with E-state index in [0.29, 0.717) is 25.2 Å². The Kier molecular flexibility index (Phi) is 5.47. The molecule has 0 fully saturated rings. The lowest BCUT2D eigenvalue weighted by Gasteiger charge is -2.00. The minimum Gasteiger partial charge on any atom is -0.494 e. The van der Waals surface area contributed by atoms with Crippen molar-refractivity contribution in [1.82, 2.24) is 9.97 Å². The molecule has 0 spiro atoms. The van der Waals surface area contributed by atoms with E-state index in [9.17, 15) is 4.79 Å². The molecule has 0 bridgehead atoms. The summed E-state index contributed by atoms with van der Waals surface area (Å²) in [5.41, 5.74) is 1.93. The Morgan fingerprint density at radius 1 is 1.40 bits per heavy atom. The second-order valence-electron chi connectivity index (χ2n) is 4.50. The predicted octanol–water partition coefficient (Wildman–Crippen LogP) is 3.81. The number of benzene rings is 1. The summed E-state index contributed by atoms with van der Waals surface area (Å²) < 4.78 is 5.47. The van der Waals surface area contributed by atoms with Crippen LogP contribution in [0.3, 0.4) is 0 Å². The lowest BCUT2D eigenvalue weighted by Crippen LogP contribution is -1.95. The first-order chi connectivity index (χ1) is 9.72. The number of carbonyl (C=O) groups is 1. The number of imidazole rings is 1. The highest BCUT2D eigenvalue weighted by Crippen LogP contribution is 2.23. The molecule has 1 N–H and O–H groups in total. The van der Waals surface area contributed by atoms with Crippen LogP contribution in [0.5, 0.6) is 5.75 Å². The highest BCUT2D eigenvalue weighted by Gasteiger charge is 2.05. The SMILES string of the molecule is CCOc1ccc2nc(SCCCC(=O)CC)[nH]c2c1. The summed E-state index contributed by atoms with van der Waals surface area (Å²) in [5, 5.41) is 0.901. The van der Waals surface area contributed by atoms with E-state index in [0.717, 1.165) is 34.1 Å². The number of H-pyrrole nitrogens is 1. The van der Waals surface area contributed by atoms with Crippen molar-refractivity contribution in [2.75, 3.05) is 12.4 Å². The zero-order valence-corrected chi connectivity index (χ0v) is 12.8. The summed E-state index contributed by atoms with van der Waals surface area (Å²) >= 11 is 1.66. The number of aromatic nitrogens is 2. The normalized spacial score (nSPS) is 10.9. The van der Waals surface area contributed by atoms with Gasteiger partial charge in [0, 0.05) is 24.7 Å². The van der Waals surface area contributed by atoms with Crippen molar-refractivity contribution in [3.05, 3.63) is 18.2 Å². The van der Waals surface area contributed by atoms with Crippen LogP contribution in [0.15, 0.2) is 23.4 Å². The van der Waals surface area contributed by atoms with E-state index in [1.54, 1.807) is 11.8 Å². The average Bonchev–Trinajstić information content (AvgIpc) is 2.85. The van der Waals surface area contributed by atoms with Gasteiger partial charge < -0.3 is 9.72 Å². The fraction of sp³-hybridized carbons (Fsp3) is 0.467. The molecule has 1 aromatic carbocycles. The minimum atomic E-state index is 0.330. The van der Waals surface area contributed by atoms with Gasteiger partial charge in [-0.05, 0) is 25.5 Å². The molecule has 5 heteroatoms. The van der Waals surface area contributed by atoms with E-state index in [4.69, 9.17) is 4.74 Å². The van der Waals surface area contributed by atoms with Crippen LogP contribution >= 0.6 is 11.8 Å². The first kappa shape index (κ1) is 14.9. The van der Waals surface area contributed by atoms with Gasteiger partial charge in [-0.2, -0.15) is 0 Å². The highest BCUT2D eigenvalue weighted by atomic mass is 32.2. The Hall–Kier alpha value is -1.49. The highest BCUT2D eigenvalue weighted by molar-refractivity contribution is 7.99. The zero-order chi connectivity index (χ0) is 14.4. The van der Waals surface area contributed by atoms with E-state index in [-0.39, 0.29) is 0 Å². The Bertz CT molecular complexity index is 580. The maximum atomic E-state index is 11.2. The molecule has 0 aliphatic rings. The van der Waals surface area contributed by atoms with Gasteiger partial charge >= 0.3 is 0 Å². The quantitative estimate of drug-likeness (QED) is 0.593. The number of ether oxygens (including phenoxy) is 1. The number of nitrogens with one attached hydrogen (secondary N) is 1. The van der Waals surface area contributed by atoms with Crippen molar-refractivity contribution in [3.63, 3.8) is 0 Å². The Morgan fingerprint density at radius 2 is 2.25 bits per heavy atom. The molecular weight excluding hydrogens is 272 g/mol. The molecule has 0 aliphatic carbocycles. The third-order valence-corrected chi connectivity index (χ3v) is 3.94. The molecule has 2 rings (SSSR count). The van der Waals surface area contributed by atoms with Crippen LogP contribution in [0, 0.1) is 0 Å². The van der Waals surface area contributed by atoms with Gasteiger partial charge in [0.2, 0.25) is 0 Å². The molecule has 0 saturated heterocycles. The minimum absolute atomic E-state index is 0.330. The maximum Gasteiger partial charge on any atom is 0.166 e. The number of fused-ring (bicyclic) bond motifs is 1. The van der Waals surface area contributed by atoms with E-state index < -0.39 is 0 Å². The van der Waals surface area contributed by atoms with Gasteiger partial charge in [-0.25, -0.2) is 4.98 Å². The Labute approximate surface area is 123 Å². The summed E-state index contributed by atoms with van der Waals surface area (Å²) in [5.74, 6) is 2.09. The van der Waals surface area contributed by atoms with Crippen molar-refractivity contribution in [3.8, 4) is 5.75 Å². The molecular formula is C15H20N2O2S. The van der Waals surface area contributed by atoms with Crippen LogP contribution in [0.25, 0.3) is 11.0 Å². The first-order valence-electron chi connectivity index (χ1n) is 7.00. The van der Waals surface area contributed by atoms with Gasteiger partial charge in [-0.3, -0.25) is 4.79 Å². The third kappa shape index (κ3) is 4.00. The predicted molar refractivity (Wildman–Crippen MR) is 82.5 cm³/mol. The molecule has 0 unspecified atom stereocenters. The molecule has 1 aromatic heterocycles. The zero-order valence-electron chi connectivity index (χ0n) is 11.9. The largest absolute Gasteiger partial charge is 0.494 e. The fourth-order valence-corrected chi connectivity index (χ4v) is 2.73. The second-order valence-corrected chi connectivity index (χ2v) is 5.58. The van der Waals surface area contributed by atoms with Gasteiger partial charge in [0.05, 0.1) is 17.6 Å². The van der Waals surface area contributed by atoms with Crippen molar-refractivity contribution in [2.24, 2.45) is 0 Å². The van der Waals surface area contributed by atoms with Gasteiger partial charge in [0.15, 0.2) is 5.16 Å². The fourth-order valence-electron chi connectivity index (χ4n) is 1.91. The number of thioether (sulfide) groups is 1. The van der Waals surface area contributed by atoms with Crippen LogP contribution in [0.1, 0.15) is 33.1 Å².